The number of benzene rings is 2. The average molecular weight is 352 g/mol. The van der Waals surface area contributed by atoms with Crippen LogP contribution in [0.5, 0.6) is 0 Å². The minimum absolute atomic E-state index is 0.327. The van der Waals surface area contributed by atoms with Crippen LogP contribution < -0.4 is 16.4 Å². The normalized spacial score (nSPS) is 10.3. The van der Waals surface area contributed by atoms with E-state index in [2.05, 4.69) is 15.0 Å². The Morgan fingerprint density at radius 1 is 0.960 bits per heavy atom. The van der Waals surface area contributed by atoms with Crippen molar-refractivity contribution in [1.29, 1.82) is 0 Å². The van der Waals surface area contributed by atoms with Crippen molar-refractivity contribution in [2.24, 2.45) is 5.73 Å². The number of carbonyl (C=O) groups excluding carboxylic acids is 2. The van der Waals surface area contributed by atoms with Crippen molar-refractivity contribution in [3.63, 3.8) is 0 Å². The van der Waals surface area contributed by atoms with Crippen LogP contribution in [0.2, 0.25) is 0 Å². The minimum atomic E-state index is -0.511. The number of nitrogens with one attached hydrogen (secondary N) is 2. The predicted molar refractivity (Wildman–Crippen MR) is 99.9 cm³/mol. The van der Waals surface area contributed by atoms with Crippen molar-refractivity contribution in [2.45, 2.75) is 6.92 Å². The molecule has 1 heterocycles. The summed E-state index contributed by atoms with van der Waals surface area (Å²) < 4.78 is 4.00. The van der Waals surface area contributed by atoms with Crippen LogP contribution in [0.3, 0.4) is 0 Å². The molecule has 0 aliphatic carbocycles. The third kappa shape index (κ3) is 4.02. The van der Waals surface area contributed by atoms with Crippen molar-refractivity contribution in [3.05, 3.63) is 65.9 Å². The van der Waals surface area contributed by atoms with Crippen molar-refractivity contribution in [2.75, 3.05) is 10.6 Å². The van der Waals surface area contributed by atoms with Gasteiger partial charge in [-0.15, -0.1) is 0 Å². The van der Waals surface area contributed by atoms with Gasteiger partial charge in [-0.1, -0.05) is 29.8 Å². The van der Waals surface area contributed by atoms with E-state index in [1.807, 2.05) is 31.2 Å². The molecular formula is C18H16N4O2S. The van der Waals surface area contributed by atoms with Crippen LogP contribution in [0.15, 0.2) is 54.7 Å². The number of amides is 3. The molecule has 0 aliphatic rings. The molecule has 4 N–H and O–H groups in total. The molecule has 0 aliphatic heterocycles. The van der Waals surface area contributed by atoms with Gasteiger partial charge in [-0.2, -0.15) is 4.37 Å². The summed E-state index contributed by atoms with van der Waals surface area (Å²) in [5.41, 5.74) is 9.03. The van der Waals surface area contributed by atoms with E-state index in [-0.39, 0.29) is 6.03 Å². The van der Waals surface area contributed by atoms with Gasteiger partial charge in [-0.3, -0.25) is 4.79 Å². The largest absolute Gasteiger partial charge is 0.366 e. The van der Waals surface area contributed by atoms with Gasteiger partial charge in [-0.05, 0) is 48.3 Å². The smallest absolute Gasteiger partial charge is 0.323 e. The van der Waals surface area contributed by atoms with Crippen LogP contribution in [0.1, 0.15) is 15.9 Å². The summed E-state index contributed by atoms with van der Waals surface area (Å²) in [6.07, 6.45) is 1.46. The third-order valence-electron chi connectivity index (χ3n) is 3.55. The predicted octanol–water partition coefficient (Wildman–Crippen LogP) is 3.86. The van der Waals surface area contributed by atoms with E-state index in [0.29, 0.717) is 16.1 Å². The molecule has 126 valence electrons. The van der Waals surface area contributed by atoms with Crippen molar-refractivity contribution in [3.8, 4) is 10.4 Å². The molecule has 0 atom stereocenters. The van der Waals surface area contributed by atoms with E-state index >= 15 is 0 Å². The van der Waals surface area contributed by atoms with E-state index in [4.69, 9.17) is 5.73 Å². The first-order chi connectivity index (χ1) is 12.0. The van der Waals surface area contributed by atoms with E-state index < -0.39 is 5.91 Å². The van der Waals surface area contributed by atoms with Crippen LogP contribution in [-0.2, 0) is 0 Å². The topological polar surface area (TPSA) is 97.1 Å². The molecule has 0 spiro atoms. The number of aryl methyl sites for hydroxylation is 1. The van der Waals surface area contributed by atoms with Gasteiger partial charge in [0.1, 0.15) is 0 Å². The minimum Gasteiger partial charge on any atom is -0.366 e. The number of rotatable bonds is 4. The fourth-order valence-corrected chi connectivity index (χ4v) is 3.02. The highest BCUT2D eigenvalue weighted by Crippen LogP contribution is 2.28. The standard InChI is InChI=1S/C18H16N4O2S/c1-11-2-6-13(7-3-11)21-18(24)22-14-8-4-12(5-9-14)16-15(17(19)23)10-20-25-16/h2-10H,1H3,(H2,19,23)(H2,21,22,24). The van der Waals surface area contributed by atoms with Gasteiger partial charge in [0.15, 0.2) is 0 Å². The average Bonchev–Trinajstić information content (AvgIpc) is 3.07. The Morgan fingerprint density at radius 2 is 1.52 bits per heavy atom. The molecule has 0 unspecified atom stereocenters. The molecule has 25 heavy (non-hydrogen) atoms. The van der Waals surface area contributed by atoms with Gasteiger partial charge < -0.3 is 16.4 Å². The van der Waals surface area contributed by atoms with Crippen molar-refractivity contribution < 1.29 is 9.59 Å². The van der Waals surface area contributed by atoms with Gasteiger partial charge in [0.05, 0.1) is 16.6 Å². The Bertz CT molecular complexity index is 902. The summed E-state index contributed by atoms with van der Waals surface area (Å²) in [6, 6.07) is 14.3. The molecule has 7 heteroatoms. The Hall–Kier alpha value is -3.19. The molecule has 0 radical (unpaired) electrons. The van der Waals surface area contributed by atoms with Crippen molar-refractivity contribution in [1.82, 2.24) is 4.37 Å². The maximum Gasteiger partial charge on any atom is 0.323 e. The fourth-order valence-electron chi connectivity index (χ4n) is 2.26. The molecule has 3 rings (SSSR count). The van der Waals surface area contributed by atoms with E-state index in [9.17, 15) is 9.59 Å². The summed E-state index contributed by atoms with van der Waals surface area (Å²) in [4.78, 5) is 24.1. The number of nitrogens with two attached hydrogens (primary N) is 1. The number of nitrogens with zero attached hydrogens (tertiary/aromatic N) is 1. The molecule has 0 fully saturated rings. The van der Waals surface area contributed by atoms with Crippen LogP contribution in [0.4, 0.5) is 16.2 Å². The lowest BCUT2D eigenvalue weighted by Gasteiger charge is -2.08. The summed E-state index contributed by atoms with van der Waals surface area (Å²) in [7, 11) is 0. The van der Waals surface area contributed by atoms with E-state index in [1.54, 1.807) is 24.3 Å². The van der Waals surface area contributed by atoms with Crippen LogP contribution >= 0.6 is 11.5 Å². The molecule has 0 saturated heterocycles. The highest BCUT2D eigenvalue weighted by atomic mass is 32.1. The summed E-state index contributed by atoms with van der Waals surface area (Å²) in [5, 5.41) is 5.53. The van der Waals surface area contributed by atoms with E-state index in [0.717, 1.165) is 16.8 Å². The van der Waals surface area contributed by atoms with Gasteiger partial charge in [0.25, 0.3) is 5.91 Å². The molecule has 0 saturated carbocycles. The number of anilines is 2. The fraction of sp³-hybridized carbons (Fsp3) is 0.0556. The molecule has 1 aromatic heterocycles. The number of hydrogen-bond donors (Lipinski definition) is 3. The second-order valence-corrected chi connectivity index (χ2v) is 6.26. The Balaban J connectivity index is 1.68. The molecular weight excluding hydrogens is 336 g/mol. The van der Waals surface area contributed by atoms with Gasteiger partial charge >= 0.3 is 6.03 Å². The first-order valence-corrected chi connectivity index (χ1v) is 8.30. The zero-order valence-electron chi connectivity index (χ0n) is 13.4. The maximum absolute atomic E-state index is 12.0. The zero-order valence-corrected chi connectivity index (χ0v) is 14.3. The lowest BCUT2D eigenvalue weighted by Crippen LogP contribution is -2.19. The third-order valence-corrected chi connectivity index (χ3v) is 4.40. The molecule has 3 amide bonds. The van der Waals surface area contributed by atoms with E-state index in [1.165, 1.54) is 17.7 Å². The highest BCUT2D eigenvalue weighted by molar-refractivity contribution is 7.10. The monoisotopic (exact) mass is 352 g/mol. The van der Waals surface area contributed by atoms with Crippen LogP contribution in [0, 0.1) is 6.92 Å². The number of carbonyl (C=O) groups is 2. The second-order valence-electron chi connectivity index (χ2n) is 5.46. The molecule has 2 aromatic carbocycles. The summed E-state index contributed by atoms with van der Waals surface area (Å²) in [5.74, 6) is -0.511. The zero-order chi connectivity index (χ0) is 17.8. The van der Waals surface area contributed by atoms with Crippen LogP contribution in [0.25, 0.3) is 10.4 Å². The maximum atomic E-state index is 12.0. The summed E-state index contributed by atoms with van der Waals surface area (Å²) in [6.45, 7) is 1.98. The van der Waals surface area contributed by atoms with Gasteiger partial charge in [0.2, 0.25) is 0 Å². The first-order valence-electron chi connectivity index (χ1n) is 7.52. The summed E-state index contributed by atoms with van der Waals surface area (Å²) >= 11 is 1.20. The van der Waals surface area contributed by atoms with Crippen LogP contribution in [-0.4, -0.2) is 16.3 Å². The lowest BCUT2D eigenvalue weighted by atomic mass is 10.1. The first kappa shape index (κ1) is 16.7. The van der Waals surface area contributed by atoms with Gasteiger partial charge in [-0.25, -0.2) is 4.79 Å². The highest BCUT2D eigenvalue weighted by Gasteiger charge is 2.13. The molecule has 6 nitrogen and oxygen atoms in total. The van der Waals surface area contributed by atoms with Crippen molar-refractivity contribution >= 4 is 34.8 Å². The Morgan fingerprint density at radius 3 is 2.08 bits per heavy atom. The quantitative estimate of drug-likeness (QED) is 0.665. The number of hydrogen-bond acceptors (Lipinski definition) is 4. The second kappa shape index (κ2) is 7.14. The lowest BCUT2D eigenvalue weighted by molar-refractivity contribution is 0.100. The molecule has 3 aromatic rings. The Kier molecular flexibility index (Phi) is 4.76. The Labute approximate surface area is 148 Å². The molecule has 0 bridgehead atoms. The number of urea groups is 1. The van der Waals surface area contributed by atoms with Gasteiger partial charge in [0, 0.05) is 11.4 Å². The SMILES string of the molecule is Cc1ccc(NC(=O)Nc2ccc(-c3sncc3C(N)=O)cc2)cc1. The number of aromatic nitrogens is 1. The number of primary amides is 1.